The molecule has 2 atom stereocenters. The Bertz CT molecular complexity index is 180. The molecule has 1 nitrogen and oxygen atoms in total. The van der Waals surface area contributed by atoms with Crippen molar-refractivity contribution < 1.29 is 0 Å². The maximum absolute atomic E-state index is 5.26. The fourth-order valence-electron chi connectivity index (χ4n) is 2.45. The van der Waals surface area contributed by atoms with Crippen LogP contribution in [0.4, 0.5) is 0 Å². The quantitative estimate of drug-likeness (QED) is 0.505. The molecule has 0 saturated heterocycles. The zero-order chi connectivity index (χ0) is 10.2. The molecule has 0 bridgehead atoms. The number of hydrogen-bond donors (Lipinski definition) is 1. The zero-order valence-corrected chi connectivity index (χ0v) is 9.39. The van der Waals surface area contributed by atoms with Crippen LogP contribution in [0.25, 0.3) is 0 Å². The Kier molecular flexibility index (Phi) is 5.71. The van der Waals surface area contributed by atoms with Crippen molar-refractivity contribution >= 4 is 0 Å². The van der Waals surface area contributed by atoms with Crippen LogP contribution in [0.3, 0.4) is 0 Å². The summed E-state index contributed by atoms with van der Waals surface area (Å²) >= 11 is 0. The lowest BCUT2D eigenvalue weighted by molar-refractivity contribution is 0.373. The molecular weight excluding hydrogens is 170 g/mol. The first-order chi connectivity index (χ1) is 6.88. The van der Waals surface area contributed by atoms with Gasteiger partial charge in [-0.25, -0.2) is 0 Å². The van der Waals surface area contributed by atoms with Gasteiger partial charge in [-0.15, -0.1) is 12.3 Å². The molecule has 0 amide bonds. The molecule has 0 aromatic heterocycles. The van der Waals surface area contributed by atoms with Crippen molar-refractivity contribution in [1.29, 1.82) is 0 Å². The van der Waals surface area contributed by atoms with Crippen LogP contribution in [0.1, 0.15) is 51.9 Å². The molecule has 2 unspecified atom stereocenters. The topological polar surface area (TPSA) is 12.0 Å². The molecule has 1 N–H and O–H groups in total. The number of rotatable bonds is 6. The molecule has 1 saturated carbocycles. The first kappa shape index (κ1) is 11.6. The molecule has 0 spiro atoms. The van der Waals surface area contributed by atoms with Crippen LogP contribution in [0.2, 0.25) is 0 Å². The summed E-state index contributed by atoms with van der Waals surface area (Å²) in [6.45, 7) is 3.41. The summed E-state index contributed by atoms with van der Waals surface area (Å²) in [7, 11) is 0. The van der Waals surface area contributed by atoms with E-state index in [4.69, 9.17) is 6.42 Å². The number of unbranched alkanes of at least 4 members (excludes halogenated alkanes) is 1. The highest BCUT2D eigenvalue weighted by Gasteiger charge is 2.25. The van der Waals surface area contributed by atoms with Crippen LogP contribution in [-0.4, -0.2) is 12.6 Å². The van der Waals surface area contributed by atoms with Gasteiger partial charge in [0.2, 0.25) is 0 Å². The highest BCUT2D eigenvalue weighted by atomic mass is 14.9. The van der Waals surface area contributed by atoms with E-state index in [2.05, 4.69) is 18.2 Å². The Balaban J connectivity index is 2.18. The van der Waals surface area contributed by atoms with Crippen LogP contribution < -0.4 is 5.32 Å². The minimum absolute atomic E-state index is 0.785. The van der Waals surface area contributed by atoms with Gasteiger partial charge in [0.1, 0.15) is 0 Å². The van der Waals surface area contributed by atoms with E-state index in [-0.39, 0.29) is 0 Å². The molecular formula is C13H23N. The molecule has 0 heterocycles. The van der Waals surface area contributed by atoms with Gasteiger partial charge < -0.3 is 5.32 Å². The molecule has 0 aromatic rings. The monoisotopic (exact) mass is 193 g/mol. The second-order valence-electron chi connectivity index (χ2n) is 4.35. The fourth-order valence-corrected chi connectivity index (χ4v) is 2.45. The van der Waals surface area contributed by atoms with Gasteiger partial charge in [-0.2, -0.15) is 0 Å². The van der Waals surface area contributed by atoms with E-state index >= 15 is 0 Å². The standard InChI is InChI=1S/C13H23N/c1-3-5-6-8-12-9-7-10-13(12)14-11-4-2/h1,12-14H,4-11H2,2H3. The summed E-state index contributed by atoms with van der Waals surface area (Å²) in [6.07, 6.45) is 14.2. The Morgan fingerprint density at radius 1 is 1.43 bits per heavy atom. The van der Waals surface area contributed by atoms with Crippen LogP contribution in [0, 0.1) is 18.3 Å². The minimum Gasteiger partial charge on any atom is -0.314 e. The molecule has 1 rings (SSSR count). The summed E-state index contributed by atoms with van der Waals surface area (Å²) in [5.41, 5.74) is 0. The van der Waals surface area contributed by atoms with Crippen molar-refractivity contribution in [2.45, 2.75) is 57.9 Å². The lowest BCUT2D eigenvalue weighted by Crippen LogP contribution is -2.32. The first-order valence-corrected chi connectivity index (χ1v) is 6.05. The SMILES string of the molecule is C#CCCCC1CCCC1NCCC. The van der Waals surface area contributed by atoms with Gasteiger partial charge >= 0.3 is 0 Å². The van der Waals surface area contributed by atoms with E-state index in [1.165, 1.54) is 45.1 Å². The molecule has 14 heavy (non-hydrogen) atoms. The third-order valence-corrected chi connectivity index (χ3v) is 3.21. The summed E-state index contributed by atoms with van der Waals surface area (Å²) in [6, 6.07) is 0.785. The first-order valence-electron chi connectivity index (χ1n) is 6.05. The molecule has 1 aliphatic carbocycles. The summed E-state index contributed by atoms with van der Waals surface area (Å²) in [5.74, 6) is 3.63. The fraction of sp³-hybridized carbons (Fsp3) is 0.846. The van der Waals surface area contributed by atoms with E-state index in [0.29, 0.717) is 0 Å². The number of hydrogen-bond acceptors (Lipinski definition) is 1. The van der Waals surface area contributed by atoms with Crippen molar-refractivity contribution in [3.05, 3.63) is 0 Å². The molecule has 1 fully saturated rings. The smallest absolute Gasteiger partial charge is 0.00953 e. The van der Waals surface area contributed by atoms with Crippen LogP contribution >= 0.6 is 0 Å². The van der Waals surface area contributed by atoms with E-state index in [1.54, 1.807) is 0 Å². The second kappa shape index (κ2) is 6.90. The number of nitrogens with one attached hydrogen (secondary N) is 1. The minimum atomic E-state index is 0.785. The maximum Gasteiger partial charge on any atom is 0.00953 e. The lowest BCUT2D eigenvalue weighted by Gasteiger charge is -2.20. The van der Waals surface area contributed by atoms with Gasteiger partial charge in [-0.05, 0) is 44.6 Å². The van der Waals surface area contributed by atoms with E-state index in [9.17, 15) is 0 Å². The molecule has 0 radical (unpaired) electrons. The molecule has 80 valence electrons. The normalized spacial score (nSPS) is 26.3. The summed E-state index contributed by atoms with van der Waals surface area (Å²) < 4.78 is 0. The largest absolute Gasteiger partial charge is 0.314 e. The predicted molar refractivity (Wildman–Crippen MR) is 62.1 cm³/mol. The maximum atomic E-state index is 5.26. The van der Waals surface area contributed by atoms with E-state index < -0.39 is 0 Å². The van der Waals surface area contributed by atoms with Crippen molar-refractivity contribution in [1.82, 2.24) is 5.32 Å². The lowest BCUT2D eigenvalue weighted by atomic mass is 9.96. The summed E-state index contributed by atoms with van der Waals surface area (Å²) in [5, 5.41) is 3.66. The number of terminal acetylenes is 1. The van der Waals surface area contributed by atoms with E-state index in [1.807, 2.05) is 0 Å². The van der Waals surface area contributed by atoms with Gasteiger partial charge in [0.05, 0.1) is 0 Å². The Hall–Kier alpha value is -0.480. The Labute approximate surface area is 88.7 Å². The average Bonchev–Trinajstić information content (AvgIpc) is 2.63. The molecule has 1 heteroatoms. The molecule has 1 aliphatic rings. The highest BCUT2D eigenvalue weighted by Crippen LogP contribution is 2.29. The van der Waals surface area contributed by atoms with E-state index in [0.717, 1.165) is 18.4 Å². The van der Waals surface area contributed by atoms with Crippen LogP contribution in [0.5, 0.6) is 0 Å². The summed E-state index contributed by atoms with van der Waals surface area (Å²) in [4.78, 5) is 0. The predicted octanol–water partition coefficient (Wildman–Crippen LogP) is 2.96. The van der Waals surface area contributed by atoms with Gasteiger partial charge in [0.25, 0.3) is 0 Å². The highest BCUT2D eigenvalue weighted by molar-refractivity contribution is 4.86. The van der Waals surface area contributed by atoms with Crippen molar-refractivity contribution in [2.24, 2.45) is 5.92 Å². The Morgan fingerprint density at radius 3 is 3.00 bits per heavy atom. The zero-order valence-electron chi connectivity index (χ0n) is 9.39. The van der Waals surface area contributed by atoms with Crippen molar-refractivity contribution in [3.63, 3.8) is 0 Å². The third kappa shape index (κ3) is 3.72. The van der Waals surface area contributed by atoms with Crippen molar-refractivity contribution in [3.8, 4) is 12.3 Å². The van der Waals surface area contributed by atoms with Gasteiger partial charge in [-0.1, -0.05) is 13.3 Å². The average molecular weight is 193 g/mol. The Morgan fingerprint density at radius 2 is 2.29 bits per heavy atom. The third-order valence-electron chi connectivity index (χ3n) is 3.21. The van der Waals surface area contributed by atoms with Crippen LogP contribution in [-0.2, 0) is 0 Å². The molecule has 0 aliphatic heterocycles. The van der Waals surface area contributed by atoms with Gasteiger partial charge in [0.15, 0.2) is 0 Å². The molecule has 0 aromatic carbocycles. The van der Waals surface area contributed by atoms with Gasteiger partial charge in [0, 0.05) is 12.5 Å². The van der Waals surface area contributed by atoms with Crippen LogP contribution in [0.15, 0.2) is 0 Å². The van der Waals surface area contributed by atoms with Crippen molar-refractivity contribution in [2.75, 3.05) is 6.54 Å². The second-order valence-corrected chi connectivity index (χ2v) is 4.35. The van der Waals surface area contributed by atoms with Gasteiger partial charge in [-0.3, -0.25) is 0 Å².